The Hall–Kier alpha value is -2.40. The Balaban J connectivity index is 1.54. The Bertz CT molecular complexity index is 751. The van der Waals surface area contributed by atoms with Crippen molar-refractivity contribution in [1.82, 2.24) is 9.88 Å². The van der Waals surface area contributed by atoms with Crippen molar-refractivity contribution in [2.45, 2.75) is 39.3 Å². The van der Waals surface area contributed by atoms with Gasteiger partial charge in [0.05, 0.1) is 17.8 Å². The topological polar surface area (TPSA) is 51.7 Å². The van der Waals surface area contributed by atoms with Crippen LogP contribution < -0.4 is 4.74 Å². The largest absolute Gasteiger partial charge is 0.475 e. The summed E-state index contributed by atoms with van der Waals surface area (Å²) >= 11 is 0. The molecule has 138 valence electrons. The molecular formula is C21H26N2O3. The van der Waals surface area contributed by atoms with Crippen molar-refractivity contribution in [1.29, 1.82) is 0 Å². The van der Waals surface area contributed by atoms with E-state index in [-0.39, 0.29) is 11.5 Å². The van der Waals surface area contributed by atoms with Crippen LogP contribution in [0, 0.1) is 0 Å². The zero-order valence-electron chi connectivity index (χ0n) is 15.7. The fourth-order valence-corrected chi connectivity index (χ4v) is 2.94. The molecule has 1 aliphatic rings. The number of hydrogen-bond acceptors (Lipinski definition) is 4. The second-order valence-corrected chi connectivity index (χ2v) is 7.44. The molecule has 0 spiro atoms. The molecule has 2 heterocycles. The van der Waals surface area contributed by atoms with Crippen LogP contribution in [-0.4, -0.2) is 41.2 Å². The summed E-state index contributed by atoms with van der Waals surface area (Å²) in [4.78, 5) is 18.8. The van der Waals surface area contributed by atoms with Gasteiger partial charge >= 0.3 is 0 Å². The summed E-state index contributed by atoms with van der Waals surface area (Å²) in [6.45, 7) is 8.33. The van der Waals surface area contributed by atoms with Crippen LogP contribution in [0.5, 0.6) is 5.88 Å². The molecule has 5 nitrogen and oxygen atoms in total. The van der Waals surface area contributed by atoms with Gasteiger partial charge in [-0.3, -0.25) is 4.79 Å². The zero-order chi connectivity index (χ0) is 18.6. The number of benzene rings is 1. The SMILES string of the molecule is CC(C)(C)OCCOc1ccc(C(=O)N2CCc3ccccc3C2)cn1. The molecular weight excluding hydrogens is 328 g/mol. The van der Waals surface area contributed by atoms with E-state index in [4.69, 9.17) is 9.47 Å². The normalized spacial score (nSPS) is 14.0. The molecule has 3 rings (SSSR count). The summed E-state index contributed by atoms with van der Waals surface area (Å²) < 4.78 is 11.2. The fraction of sp³-hybridized carbons (Fsp3) is 0.429. The quantitative estimate of drug-likeness (QED) is 0.772. The van der Waals surface area contributed by atoms with Crippen LogP contribution >= 0.6 is 0 Å². The predicted octanol–water partition coefficient (Wildman–Crippen LogP) is 3.47. The standard InChI is InChI=1S/C21H26N2O3/c1-21(2,3)26-13-12-25-19-9-8-17(14-22-19)20(24)23-11-10-16-6-4-5-7-18(16)15-23/h4-9,14H,10-13,15H2,1-3H3. The molecule has 1 amide bonds. The maximum atomic E-state index is 12.7. The molecule has 26 heavy (non-hydrogen) atoms. The van der Waals surface area contributed by atoms with Gasteiger partial charge in [0.2, 0.25) is 5.88 Å². The molecule has 1 aromatic carbocycles. The highest BCUT2D eigenvalue weighted by molar-refractivity contribution is 5.94. The summed E-state index contributed by atoms with van der Waals surface area (Å²) in [7, 11) is 0. The Kier molecular flexibility index (Phi) is 5.57. The number of pyridine rings is 1. The van der Waals surface area contributed by atoms with Gasteiger partial charge in [0.25, 0.3) is 5.91 Å². The first-order chi connectivity index (χ1) is 12.4. The first-order valence-corrected chi connectivity index (χ1v) is 9.01. The van der Waals surface area contributed by atoms with Crippen molar-refractivity contribution in [2.24, 2.45) is 0 Å². The molecule has 0 bridgehead atoms. The zero-order valence-corrected chi connectivity index (χ0v) is 15.7. The molecule has 5 heteroatoms. The Morgan fingerprint density at radius 1 is 1.12 bits per heavy atom. The van der Waals surface area contributed by atoms with Gasteiger partial charge in [0.15, 0.2) is 0 Å². The summed E-state index contributed by atoms with van der Waals surface area (Å²) in [5.74, 6) is 0.512. The molecule has 0 fully saturated rings. The number of hydrogen-bond donors (Lipinski definition) is 0. The molecule has 0 aliphatic carbocycles. The first kappa shape index (κ1) is 18.4. The monoisotopic (exact) mass is 354 g/mol. The van der Waals surface area contributed by atoms with Gasteiger partial charge in [0, 0.05) is 25.4 Å². The number of rotatable bonds is 5. The number of fused-ring (bicyclic) bond motifs is 1. The van der Waals surface area contributed by atoms with E-state index < -0.39 is 0 Å². The van der Waals surface area contributed by atoms with Crippen molar-refractivity contribution in [3.05, 3.63) is 59.3 Å². The third-order valence-electron chi connectivity index (χ3n) is 4.27. The average Bonchev–Trinajstić information content (AvgIpc) is 2.64. The molecule has 0 saturated carbocycles. The van der Waals surface area contributed by atoms with Crippen LogP contribution in [0.4, 0.5) is 0 Å². The minimum atomic E-state index is -0.180. The van der Waals surface area contributed by atoms with Gasteiger partial charge in [-0.2, -0.15) is 0 Å². The number of amides is 1. The van der Waals surface area contributed by atoms with Gasteiger partial charge in [0.1, 0.15) is 6.61 Å². The van der Waals surface area contributed by atoms with Crippen LogP contribution in [-0.2, 0) is 17.7 Å². The smallest absolute Gasteiger partial charge is 0.255 e. The summed E-state index contributed by atoms with van der Waals surface area (Å²) in [6, 6.07) is 11.8. The molecule has 0 saturated heterocycles. The summed E-state index contributed by atoms with van der Waals surface area (Å²) in [5.41, 5.74) is 2.96. The second kappa shape index (κ2) is 7.87. The summed E-state index contributed by atoms with van der Waals surface area (Å²) in [5, 5.41) is 0. The van der Waals surface area contributed by atoms with Gasteiger partial charge in [-0.1, -0.05) is 24.3 Å². The van der Waals surface area contributed by atoms with Gasteiger partial charge in [-0.15, -0.1) is 0 Å². The van der Waals surface area contributed by atoms with E-state index in [9.17, 15) is 4.79 Å². The molecule has 0 unspecified atom stereocenters. The Morgan fingerprint density at radius 3 is 2.58 bits per heavy atom. The molecule has 1 aliphatic heterocycles. The lowest BCUT2D eigenvalue weighted by atomic mass is 9.99. The van der Waals surface area contributed by atoms with Gasteiger partial charge in [-0.05, 0) is 44.4 Å². The van der Waals surface area contributed by atoms with Crippen LogP contribution in [0.25, 0.3) is 0 Å². The van der Waals surface area contributed by atoms with Gasteiger partial charge < -0.3 is 14.4 Å². The molecule has 2 aromatic rings. The number of aromatic nitrogens is 1. The van der Waals surface area contributed by atoms with E-state index in [0.29, 0.717) is 31.2 Å². The lowest BCUT2D eigenvalue weighted by Crippen LogP contribution is -2.35. The maximum Gasteiger partial charge on any atom is 0.255 e. The highest BCUT2D eigenvalue weighted by Gasteiger charge is 2.21. The lowest BCUT2D eigenvalue weighted by molar-refractivity contribution is -0.0168. The average molecular weight is 354 g/mol. The molecule has 0 N–H and O–H groups in total. The van der Waals surface area contributed by atoms with Crippen molar-refractivity contribution in [3.8, 4) is 5.88 Å². The fourth-order valence-electron chi connectivity index (χ4n) is 2.94. The van der Waals surface area contributed by atoms with E-state index in [1.54, 1.807) is 18.3 Å². The summed E-state index contributed by atoms with van der Waals surface area (Å²) in [6.07, 6.45) is 2.48. The van der Waals surface area contributed by atoms with E-state index in [1.807, 2.05) is 37.8 Å². The number of ether oxygens (including phenoxy) is 2. The number of carbonyl (C=O) groups excluding carboxylic acids is 1. The Labute approximate surface area is 155 Å². The highest BCUT2D eigenvalue weighted by atomic mass is 16.5. The van der Waals surface area contributed by atoms with E-state index in [1.165, 1.54) is 11.1 Å². The third-order valence-corrected chi connectivity index (χ3v) is 4.27. The predicted molar refractivity (Wildman–Crippen MR) is 100 cm³/mol. The van der Waals surface area contributed by atoms with Crippen molar-refractivity contribution < 1.29 is 14.3 Å². The number of nitrogens with zero attached hydrogens (tertiary/aromatic N) is 2. The Morgan fingerprint density at radius 2 is 1.88 bits per heavy atom. The van der Waals surface area contributed by atoms with E-state index in [2.05, 4.69) is 17.1 Å². The lowest BCUT2D eigenvalue weighted by Gasteiger charge is -2.28. The highest BCUT2D eigenvalue weighted by Crippen LogP contribution is 2.20. The van der Waals surface area contributed by atoms with E-state index in [0.717, 1.165) is 13.0 Å². The number of carbonyl (C=O) groups is 1. The van der Waals surface area contributed by atoms with Crippen LogP contribution in [0.1, 0.15) is 42.3 Å². The minimum absolute atomic E-state index is 0.00891. The minimum Gasteiger partial charge on any atom is -0.475 e. The molecule has 1 aromatic heterocycles. The third kappa shape index (κ3) is 4.82. The van der Waals surface area contributed by atoms with Gasteiger partial charge in [-0.25, -0.2) is 4.98 Å². The maximum absolute atomic E-state index is 12.7. The van der Waals surface area contributed by atoms with Crippen molar-refractivity contribution in [3.63, 3.8) is 0 Å². The van der Waals surface area contributed by atoms with Crippen LogP contribution in [0.2, 0.25) is 0 Å². The first-order valence-electron chi connectivity index (χ1n) is 9.01. The van der Waals surface area contributed by atoms with Crippen LogP contribution in [0.15, 0.2) is 42.6 Å². The molecule has 0 radical (unpaired) electrons. The molecule has 0 atom stereocenters. The van der Waals surface area contributed by atoms with Crippen LogP contribution in [0.3, 0.4) is 0 Å². The van der Waals surface area contributed by atoms with E-state index >= 15 is 0 Å². The van der Waals surface area contributed by atoms with Crippen molar-refractivity contribution in [2.75, 3.05) is 19.8 Å². The second-order valence-electron chi connectivity index (χ2n) is 7.44. The van der Waals surface area contributed by atoms with Crippen molar-refractivity contribution >= 4 is 5.91 Å².